The van der Waals surface area contributed by atoms with Gasteiger partial charge in [-0.05, 0) is 58.4 Å². The second kappa shape index (κ2) is 7.05. The molecule has 0 atom stereocenters. The van der Waals surface area contributed by atoms with Gasteiger partial charge in [-0.2, -0.15) is 5.10 Å². The molecule has 0 bridgehead atoms. The molecule has 4 heteroatoms. The molecule has 1 aromatic heterocycles. The Morgan fingerprint density at radius 2 is 2.00 bits per heavy atom. The molecule has 114 valence electrons. The number of hydrogen-bond acceptors (Lipinski definition) is 3. The van der Waals surface area contributed by atoms with Crippen LogP contribution < -0.4 is 5.32 Å². The predicted molar refractivity (Wildman–Crippen MR) is 87.4 cm³/mol. The largest absolute Gasteiger partial charge is 0.311 e. The van der Waals surface area contributed by atoms with Gasteiger partial charge in [-0.3, -0.25) is 4.68 Å². The van der Waals surface area contributed by atoms with Crippen molar-refractivity contribution in [1.82, 2.24) is 20.0 Å². The molecule has 2 aromatic rings. The van der Waals surface area contributed by atoms with Gasteiger partial charge in [-0.1, -0.05) is 18.2 Å². The number of hydrogen-bond donors (Lipinski definition) is 1. The highest BCUT2D eigenvalue weighted by molar-refractivity contribution is 5.81. The summed E-state index contributed by atoms with van der Waals surface area (Å²) in [6.07, 6.45) is 3.99. The first kappa shape index (κ1) is 14.5. The van der Waals surface area contributed by atoms with E-state index in [2.05, 4.69) is 46.1 Å². The summed E-state index contributed by atoms with van der Waals surface area (Å²) < 4.78 is 2.09. The van der Waals surface area contributed by atoms with Crippen LogP contribution in [-0.4, -0.2) is 40.9 Å². The predicted octanol–water partition coefficient (Wildman–Crippen LogP) is 2.63. The summed E-state index contributed by atoms with van der Waals surface area (Å²) in [4.78, 5) is 2.57. The number of likely N-dealkylation sites (tertiary alicyclic amines) is 1. The molecule has 0 aliphatic carbocycles. The SMILES string of the molecule is CCn1nc(CNCCCN2CCCC2)c2ccccc21. The lowest BCUT2D eigenvalue weighted by molar-refractivity contribution is 0.331. The molecule has 0 spiro atoms. The Kier molecular flexibility index (Phi) is 4.88. The zero-order valence-corrected chi connectivity index (χ0v) is 13.0. The van der Waals surface area contributed by atoms with Gasteiger partial charge >= 0.3 is 0 Å². The maximum absolute atomic E-state index is 4.73. The number of nitrogens with zero attached hydrogens (tertiary/aromatic N) is 3. The van der Waals surface area contributed by atoms with Crippen molar-refractivity contribution in [2.24, 2.45) is 0 Å². The van der Waals surface area contributed by atoms with Gasteiger partial charge in [0.2, 0.25) is 0 Å². The van der Waals surface area contributed by atoms with Crippen LogP contribution in [-0.2, 0) is 13.1 Å². The highest BCUT2D eigenvalue weighted by Gasteiger charge is 2.11. The number of benzene rings is 1. The zero-order valence-electron chi connectivity index (χ0n) is 13.0. The highest BCUT2D eigenvalue weighted by Crippen LogP contribution is 2.18. The first-order valence-electron chi connectivity index (χ1n) is 8.26. The minimum atomic E-state index is 0.869. The molecule has 1 fully saturated rings. The molecule has 0 radical (unpaired) electrons. The van der Waals surface area contributed by atoms with Crippen LogP contribution in [0.15, 0.2) is 24.3 Å². The molecule has 2 heterocycles. The number of fused-ring (bicyclic) bond motifs is 1. The van der Waals surface area contributed by atoms with E-state index in [1.54, 1.807) is 0 Å². The van der Waals surface area contributed by atoms with E-state index in [1.807, 2.05) is 0 Å². The fourth-order valence-electron chi connectivity index (χ4n) is 3.21. The van der Waals surface area contributed by atoms with E-state index in [-0.39, 0.29) is 0 Å². The molecule has 0 amide bonds. The second-order valence-corrected chi connectivity index (χ2v) is 5.86. The van der Waals surface area contributed by atoms with Crippen LogP contribution in [0.2, 0.25) is 0 Å². The van der Waals surface area contributed by atoms with E-state index >= 15 is 0 Å². The minimum absolute atomic E-state index is 0.869. The summed E-state index contributed by atoms with van der Waals surface area (Å²) in [5.74, 6) is 0. The average Bonchev–Trinajstić information content (AvgIpc) is 3.15. The smallest absolute Gasteiger partial charge is 0.0841 e. The van der Waals surface area contributed by atoms with E-state index in [4.69, 9.17) is 5.10 Å². The van der Waals surface area contributed by atoms with E-state index in [1.165, 1.54) is 55.5 Å². The Hall–Kier alpha value is -1.39. The molecule has 3 rings (SSSR count). The number of para-hydroxylation sites is 1. The Morgan fingerprint density at radius 3 is 2.81 bits per heavy atom. The molecule has 1 N–H and O–H groups in total. The van der Waals surface area contributed by atoms with Gasteiger partial charge in [0.15, 0.2) is 0 Å². The van der Waals surface area contributed by atoms with E-state index in [9.17, 15) is 0 Å². The van der Waals surface area contributed by atoms with E-state index in [0.29, 0.717) is 0 Å². The Balaban J connectivity index is 1.51. The lowest BCUT2D eigenvalue weighted by atomic mass is 10.2. The quantitative estimate of drug-likeness (QED) is 0.794. The van der Waals surface area contributed by atoms with Crippen molar-refractivity contribution in [3.8, 4) is 0 Å². The third-order valence-corrected chi connectivity index (χ3v) is 4.35. The fraction of sp³-hybridized carbons (Fsp3) is 0.588. The van der Waals surface area contributed by atoms with Crippen LogP contribution in [0.25, 0.3) is 10.9 Å². The third-order valence-electron chi connectivity index (χ3n) is 4.35. The maximum atomic E-state index is 4.73. The molecule has 4 nitrogen and oxygen atoms in total. The van der Waals surface area contributed by atoms with E-state index < -0.39 is 0 Å². The summed E-state index contributed by atoms with van der Waals surface area (Å²) in [6.45, 7) is 8.84. The molecular formula is C17H26N4. The van der Waals surface area contributed by atoms with Crippen molar-refractivity contribution < 1.29 is 0 Å². The number of aromatic nitrogens is 2. The minimum Gasteiger partial charge on any atom is -0.311 e. The van der Waals surface area contributed by atoms with Gasteiger partial charge in [0.05, 0.1) is 11.2 Å². The van der Waals surface area contributed by atoms with Crippen LogP contribution in [0.5, 0.6) is 0 Å². The van der Waals surface area contributed by atoms with Gasteiger partial charge in [-0.25, -0.2) is 0 Å². The highest BCUT2D eigenvalue weighted by atomic mass is 15.3. The Labute approximate surface area is 127 Å². The second-order valence-electron chi connectivity index (χ2n) is 5.86. The maximum Gasteiger partial charge on any atom is 0.0841 e. The average molecular weight is 286 g/mol. The van der Waals surface area contributed by atoms with Gasteiger partial charge < -0.3 is 10.2 Å². The lowest BCUT2D eigenvalue weighted by Gasteiger charge is -2.14. The van der Waals surface area contributed by atoms with Gasteiger partial charge in [0.1, 0.15) is 0 Å². The summed E-state index contributed by atoms with van der Waals surface area (Å²) >= 11 is 0. The van der Waals surface area contributed by atoms with Crippen LogP contribution in [0.1, 0.15) is 31.9 Å². The van der Waals surface area contributed by atoms with Crippen LogP contribution >= 0.6 is 0 Å². The number of rotatable bonds is 7. The first-order valence-corrected chi connectivity index (χ1v) is 8.26. The summed E-state index contributed by atoms with van der Waals surface area (Å²) in [5, 5.41) is 9.56. The molecule has 0 saturated carbocycles. The van der Waals surface area contributed by atoms with Gasteiger partial charge in [0.25, 0.3) is 0 Å². The van der Waals surface area contributed by atoms with Crippen LogP contribution in [0.3, 0.4) is 0 Å². The van der Waals surface area contributed by atoms with Crippen LogP contribution in [0.4, 0.5) is 0 Å². The Morgan fingerprint density at radius 1 is 1.19 bits per heavy atom. The molecule has 0 unspecified atom stereocenters. The standard InChI is InChI=1S/C17H26N4/c1-2-21-17-9-4-3-8-15(17)16(19-21)14-18-10-7-13-20-11-5-6-12-20/h3-4,8-9,18H,2,5-7,10-14H2,1H3. The summed E-state index contributed by atoms with van der Waals surface area (Å²) in [5.41, 5.74) is 2.42. The summed E-state index contributed by atoms with van der Waals surface area (Å²) in [7, 11) is 0. The molecule has 1 aliphatic heterocycles. The number of nitrogens with one attached hydrogen (secondary N) is 1. The number of aryl methyl sites for hydroxylation is 1. The lowest BCUT2D eigenvalue weighted by Crippen LogP contribution is -2.24. The first-order chi connectivity index (χ1) is 10.4. The van der Waals surface area contributed by atoms with Crippen LogP contribution in [0, 0.1) is 0 Å². The molecule has 1 aliphatic rings. The van der Waals surface area contributed by atoms with Crippen molar-refractivity contribution in [3.63, 3.8) is 0 Å². The van der Waals surface area contributed by atoms with Crippen molar-refractivity contribution in [3.05, 3.63) is 30.0 Å². The van der Waals surface area contributed by atoms with Gasteiger partial charge in [0, 0.05) is 18.5 Å². The fourth-order valence-corrected chi connectivity index (χ4v) is 3.21. The summed E-state index contributed by atoms with van der Waals surface area (Å²) in [6, 6.07) is 8.52. The van der Waals surface area contributed by atoms with E-state index in [0.717, 1.165) is 19.6 Å². The van der Waals surface area contributed by atoms with Crippen molar-refractivity contribution in [2.75, 3.05) is 26.2 Å². The Bertz CT molecular complexity index is 569. The zero-order chi connectivity index (χ0) is 14.5. The van der Waals surface area contributed by atoms with Crippen molar-refractivity contribution >= 4 is 10.9 Å². The normalized spacial score (nSPS) is 16.0. The molecule has 1 aromatic carbocycles. The third kappa shape index (κ3) is 3.44. The van der Waals surface area contributed by atoms with Crippen molar-refractivity contribution in [1.29, 1.82) is 0 Å². The van der Waals surface area contributed by atoms with Gasteiger partial charge in [-0.15, -0.1) is 0 Å². The molecular weight excluding hydrogens is 260 g/mol. The molecule has 1 saturated heterocycles. The topological polar surface area (TPSA) is 33.1 Å². The van der Waals surface area contributed by atoms with Crippen molar-refractivity contribution in [2.45, 2.75) is 39.3 Å². The monoisotopic (exact) mass is 286 g/mol. The molecule has 21 heavy (non-hydrogen) atoms.